The summed E-state index contributed by atoms with van der Waals surface area (Å²) in [7, 11) is 10.3. The maximum Gasteiger partial charge on any atom is 0.306 e. The minimum atomic E-state index is -1.27. The number of carbonyl (C=O) groups is 2. The maximum absolute atomic E-state index is 11.9. The molecule has 2 aromatic carbocycles. The van der Waals surface area contributed by atoms with Crippen molar-refractivity contribution < 1.29 is 47.6 Å². The Hall–Kier alpha value is -3.08. The fourth-order valence-corrected chi connectivity index (χ4v) is 5.29. The molecular weight excluding hydrogens is 577 g/mol. The normalized spacial score (nSPS) is 17.2. The molecule has 10 nitrogen and oxygen atoms in total. The molecule has 1 aliphatic rings. The number of hydrogen-bond donors (Lipinski definition) is 0. The number of esters is 1. The monoisotopic (exact) mass is 617 g/mol. The molecule has 41 heavy (non-hydrogen) atoms. The lowest BCUT2D eigenvalue weighted by molar-refractivity contribution is -0.941. The molecule has 0 saturated carbocycles. The molecule has 0 N–H and O–H groups in total. The lowest BCUT2D eigenvalue weighted by Crippen LogP contribution is -2.52. The van der Waals surface area contributed by atoms with Crippen LogP contribution in [0.5, 0.6) is 28.7 Å². The number of hydrogen-bond acceptors (Lipinski definition) is 9. The van der Waals surface area contributed by atoms with Gasteiger partial charge in [0.25, 0.3) is 0 Å². The first-order valence-electron chi connectivity index (χ1n) is 12.9. The van der Waals surface area contributed by atoms with Crippen LogP contribution in [0.15, 0.2) is 24.3 Å². The summed E-state index contributed by atoms with van der Waals surface area (Å²) in [5.74, 6) is 1.29. The van der Waals surface area contributed by atoms with Crippen molar-refractivity contribution >= 4 is 36.8 Å². The molecule has 2 atom stereocenters. The van der Waals surface area contributed by atoms with Crippen LogP contribution < -0.4 is 28.8 Å². The van der Waals surface area contributed by atoms with E-state index < -0.39 is 11.9 Å². The Morgan fingerprint density at radius 1 is 0.854 bits per heavy atom. The number of likely N-dealkylation sites (N-methyl/N-ethyl adjacent to an activating group) is 1. The van der Waals surface area contributed by atoms with E-state index in [1.54, 1.807) is 35.5 Å². The first kappa shape index (κ1) is 35.9. The number of halogens is 2. The number of carboxylic acid groups (broad SMARTS) is 1. The van der Waals surface area contributed by atoms with E-state index in [9.17, 15) is 14.7 Å². The third kappa shape index (κ3) is 8.70. The molecule has 1 heterocycles. The van der Waals surface area contributed by atoms with Gasteiger partial charge >= 0.3 is 5.97 Å². The molecule has 0 spiro atoms. The Labute approximate surface area is 254 Å². The highest BCUT2D eigenvalue weighted by molar-refractivity contribution is 5.85. The Morgan fingerprint density at radius 2 is 1.44 bits per heavy atom. The number of benzene rings is 2. The van der Waals surface area contributed by atoms with Crippen LogP contribution in [0, 0.1) is 0 Å². The molecule has 0 aliphatic carbocycles. The van der Waals surface area contributed by atoms with Crippen molar-refractivity contribution in [1.29, 1.82) is 0 Å². The van der Waals surface area contributed by atoms with E-state index in [2.05, 4.69) is 19.2 Å². The second-order valence-corrected chi connectivity index (χ2v) is 9.78. The van der Waals surface area contributed by atoms with Gasteiger partial charge in [0, 0.05) is 30.8 Å². The van der Waals surface area contributed by atoms with Gasteiger partial charge in [0.05, 0.1) is 68.7 Å². The predicted octanol–water partition coefficient (Wildman–Crippen LogP) is 3.32. The molecule has 0 unspecified atom stereocenters. The van der Waals surface area contributed by atoms with Gasteiger partial charge in [-0.3, -0.25) is 4.79 Å². The van der Waals surface area contributed by atoms with Crippen LogP contribution >= 0.6 is 24.8 Å². The van der Waals surface area contributed by atoms with E-state index in [1.807, 2.05) is 12.1 Å². The molecule has 0 amide bonds. The SMILES string of the molecule is COc1cc2c(cc1OC)[C@@H](Cc1cc(OC)c(OC)c(OC)c1)[N@+](C)(CCCOC(=O)CCC(=O)[O-])CC2.Cl.Cl. The molecule has 0 aromatic heterocycles. The van der Waals surface area contributed by atoms with Crippen LogP contribution in [0.2, 0.25) is 0 Å². The van der Waals surface area contributed by atoms with E-state index in [-0.39, 0.29) is 50.3 Å². The van der Waals surface area contributed by atoms with Crippen molar-refractivity contribution in [2.75, 3.05) is 62.3 Å². The van der Waals surface area contributed by atoms with Crippen molar-refractivity contribution in [3.05, 3.63) is 41.0 Å². The van der Waals surface area contributed by atoms with Gasteiger partial charge in [0.15, 0.2) is 23.0 Å². The first-order chi connectivity index (χ1) is 18.7. The molecule has 1 aliphatic heterocycles. The van der Waals surface area contributed by atoms with Gasteiger partial charge in [0.2, 0.25) is 5.75 Å². The summed E-state index contributed by atoms with van der Waals surface area (Å²) in [4.78, 5) is 22.5. The van der Waals surface area contributed by atoms with Crippen molar-refractivity contribution in [2.45, 2.75) is 38.1 Å². The van der Waals surface area contributed by atoms with Crippen molar-refractivity contribution in [2.24, 2.45) is 0 Å². The number of carboxylic acids is 1. The van der Waals surface area contributed by atoms with E-state index in [0.717, 1.165) is 25.1 Å². The molecule has 12 heteroatoms. The summed E-state index contributed by atoms with van der Waals surface area (Å²) in [6.45, 7) is 1.84. The number of quaternary nitrogens is 1. The van der Waals surface area contributed by atoms with Gasteiger partial charge in [0.1, 0.15) is 6.04 Å². The third-order valence-corrected chi connectivity index (χ3v) is 7.41. The zero-order valence-electron chi connectivity index (χ0n) is 24.5. The minimum absolute atomic E-state index is 0. The summed E-state index contributed by atoms with van der Waals surface area (Å²) in [6.07, 6.45) is 1.63. The molecule has 0 saturated heterocycles. The zero-order chi connectivity index (χ0) is 28.6. The van der Waals surface area contributed by atoms with Crippen molar-refractivity contribution in [1.82, 2.24) is 0 Å². The van der Waals surface area contributed by atoms with Crippen LogP contribution in [-0.2, 0) is 27.2 Å². The highest BCUT2D eigenvalue weighted by Gasteiger charge is 2.40. The molecule has 0 fully saturated rings. The standard InChI is InChI=1S/C29H39NO9.2ClH/c1-30(11-7-13-39-28(33)9-8-27(31)32)12-10-20-17-23(34-2)24(35-3)18-21(20)22(30)14-19-15-25(36-4)29(38-6)26(16-19)37-5;;/h15-18,22H,7-14H2,1-6H3;2*1H/t22-,30-;;/m1../s1. The Kier molecular flexibility index (Phi) is 14.4. The number of aliphatic carboxylic acids is 1. The van der Waals surface area contributed by atoms with E-state index in [1.165, 1.54) is 11.1 Å². The Balaban J connectivity index is 0.00000420. The number of nitrogens with zero attached hydrogens (tertiary/aromatic N) is 1. The van der Waals surface area contributed by atoms with Crippen LogP contribution in [0.4, 0.5) is 0 Å². The van der Waals surface area contributed by atoms with Crippen molar-refractivity contribution in [3.63, 3.8) is 0 Å². The molecule has 0 bridgehead atoms. The van der Waals surface area contributed by atoms with E-state index in [4.69, 9.17) is 28.4 Å². The summed E-state index contributed by atoms with van der Waals surface area (Å²) in [5, 5.41) is 10.6. The quantitative estimate of drug-likeness (QED) is 0.179. The van der Waals surface area contributed by atoms with Gasteiger partial charge < -0.3 is 42.8 Å². The summed E-state index contributed by atoms with van der Waals surface area (Å²) >= 11 is 0. The fourth-order valence-electron chi connectivity index (χ4n) is 5.29. The van der Waals surface area contributed by atoms with Crippen LogP contribution in [0.3, 0.4) is 0 Å². The van der Waals surface area contributed by atoms with Crippen LogP contribution in [0.1, 0.15) is 42.0 Å². The number of carbonyl (C=O) groups excluding carboxylic acids is 2. The molecule has 0 radical (unpaired) electrons. The second-order valence-electron chi connectivity index (χ2n) is 9.78. The third-order valence-electron chi connectivity index (χ3n) is 7.41. The largest absolute Gasteiger partial charge is 0.550 e. The first-order valence-corrected chi connectivity index (χ1v) is 12.9. The zero-order valence-corrected chi connectivity index (χ0v) is 26.1. The summed E-state index contributed by atoms with van der Waals surface area (Å²) in [6, 6.07) is 8.11. The van der Waals surface area contributed by atoms with E-state index in [0.29, 0.717) is 46.1 Å². The number of fused-ring (bicyclic) bond motifs is 1. The van der Waals surface area contributed by atoms with Gasteiger partial charge in [-0.2, -0.15) is 0 Å². The Bertz CT molecular complexity index is 1150. The lowest BCUT2D eigenvalue weighted by atomic mass is 9.86. The highest BCUT2D eigenvalue weighted by atomic mass is 35.5. The molecular formula is C29H41Cl2NO9. The minimum Gasteiger partial charge on any atom is -0.550 e. The number of ether oxygens (including phenoxy) is 6. The maximum atomic E-state index is 11.9. The summed E-state index contributed by atoms with van der Waals surface area (Å²) < 4.78 is 33.9. The highest BCUT2D eigenvalue weighted by Crippen LogP contribution is 2.44. The molecule has 2 aromatic rings. The smallest absolute Gasteiger partial charge is 0.306 e. The van der Waals surface area contributed by atoms with Gasteiger partial charge in [-0.15, -0.1) is 24.8 Å². The number of methoxy groups -OCH3 is 5. The van der Waals surface area contributed by atoms with E-state index >= 15 is 0 Å². The topological polar surface area (TPSA) is 113 Å². The predicted molar refractivity (Wildman–Crippen MR) is 156 cm³/mol. The lowest BCUT2D eigenvalue weighted by Gasteiger charge is -2.46. The number of rotatable bonds is 14. The average Bonchev–Trinajstić information content (AvgIpc) is 2.94. The van der Waals surface area contributed by atoms with Gasteiger partial charge in [-0.25, -0.2) is 0 Å². The van der Waals surface area contributed by atoms with Gasteiger partial charge in [-0.1, -0.05) is 0 Å². The second kappa shape index (κ2) is 16.4. The summed E-state index contributed by atoms with van der Waals surface area (Å²) in [5.41, 5.74) is 3.39. The average molecular weight is 619 g/mol. The van der Waals surface area contributed by atoms with Crippen LogP contribution in [0.25, 0.3) is 0 Å². The van der Waals surface area contributed by atoms with Crippen LogP contribution in [-0.4, -0.2) is 78.7 Å². The molecule has 3 rings (SSSR count). The van der Waals surface area contributed by atoms with Crippen molar-refractivity contribution in [3.8, 4) is 28.7 Å². The molecule has 230 valence electrons. The Morgan fingerprint density at radius 3 is 1.98 bits per heavy atom. The van der Waals surface area contributed by atoms with Gasteiger partial charge in [-0.05, 0) is 41.8 Å². The fraction of sp³-hybridized carbons (Fsp3) is 0.517.